The van der Waals surface area contributed by atoms with Gasteiger partial charge in [-0.2, -0.15) is 0 Å². The fourth-order valence-electron chi connectivity index (χ4n) is 4.29. The smallest absolute Gasteiger partial charge is 0.247 e. The van der Waals surface area contributed by atoms with Gasteiger partial charge in [-0.1, -0.05) is 38.1 Å². The van der Waals surface area contributed by atoms with Crippen molar-refractivity contribution in [3.8, 4) is 5.69 Å². The summed E-state index contributed by atoms with van der Waals surface area (Å²) in [4.78, 5) is 30.0. The van der Waals surface area contributed by atoms with Gasteiger partial charge in [0.25, 0.3) is 0 Å². The van der Waals surface area contributed by atoms with Crippen LogP contribution in [0.4, 0.5) is 10.1 Å². The zero-order chi connectivity index (χ0) is 23.0. The molecule has 1 aliphatic rings. The minimum atomic E-state index is -0.434. The number of hydrogen-bond donors (Lipinski definition) is 0. The summed E-state index contributed by atoms with van der Waals surface area (Å²) in [5, 5.41) is 0. The van der Waals surface area contributed by atoms with Crippen LogP contribution in [0.1, 0.15) is 45.0 Å². The number of aromatic nitrogens is 1. The Morgan fingerprint density at radius 2 is 1.59 bits per heavy atom. The first-order valence-corrected chi connectivity index (χ1v) is 10.9. The van der Waals surface area contributed by atoms with Crippen molar-refractivity contribution in [1.29, 1.82) is 0 Å². The molecule has 1 unspecified atom stereocenters. The molecule has 3 aromatic rings. The van der Waals surface area contributed by atoms with E-state index in [1.165, 1.54) is 12.1 Å². The third kappa shape index (κ3) is 3.81. The van der Waals surface area contributed by atoms with E-state index >= 15 is 0 Å². The number of benzene rings is 2. The van der Waals surface area contributed by atoms with Gasteiger partial charge >= 0.3 is 0 Å². The van der Waals surface area contributed by atoms with Crippen LogP contribution in [0.25, 0.3) is 5.69 Å². The first-order chi connectivity index (χ1) is 15.3. The second-order valence-electron chi connectivity index (χ2n) is 8.72. The van der Waals surface area contributed by atoms with Crippen LogP contribution in [0.15, 0.2) is 66.9 Å². The number of para-hydroxylation sites is 2. The lowest BCUT2D eigenvalue weighted by atomic mass is 9.97. The van der Waals surface area contributed by atoms with Gasteiger partial charge in [0.1, 0.15) is 18.4 Å². The van der Waals surface area contributed by atoms with Gasteiger partial charge in [-0.05, 0) is 55.8 Å². The predicted octanol–water partition coefficient (Wildman–Crippen LogP) is 4.95. The average molecular weight is 434 g/mol. The van der Waals surface area contributed by atoms with Crippen LogP contribution < -0.4 is 4.90 Å². The van der Waals surface area contributed by atoms with E-state index in [0.717, 1.165) is 22.6 Å². The molecule has 2 aromatic carbocycles. The maximum absolute atomic E-state index is 13.8. The Labute approximate surface area is 188 Å². The van der Waals surface area contributed by atoms with E-state index in [9.17, 15) is 14.0 Å². The number of carbonyl (C=O) groups is 2. The molecule has 32 heavy (non-hydrogen) atoms. The largest absolute Gasteiger partial charge is 0.331 e. The number of carbonyl (C=O) groups excluding carboxylic acids is 2. The molecule has 0 fully saturated rings. The second kappa shape index (κ2) is 8.61. The molecule has 5 nitrogen and oxygen atoms in total. The van der Waals surface area contributed by atoms with Gasteiger partial charge in [0.15, 0.2) is 0 Å². The van der Waals surface area contributed by atoms with Crippen molar-refractivity contribution in [2.75, 3.05) is 11.4 Å². The highest BCUT2D eigenvalue weighted by molar-refractivity contribution is 6.00. The maximum atomic E-state index is 13.8. The van der Waals surface area contributed by atoms with Gasteiger partial charge in [-0.25, -0.2) is 4.39 Å². The lowest BCUT2D eigenvalue weighted by molar-refractivity contribution is -0.139. The van der Waals surface area contributed by atoms with E-state index in [2.05, 4.69) is 4.57 Å². The van der Waals surface area contributed by atoms with Crippen LogP contribution in [0.3, 0.4) is 0 Å². The van der Waals surface area contributed by atoms with Gasteiger partial charge in [0, 0.05) is 18.2 Å². The van der Waals surface area contributed by atoms with E-state index in [-0.39, 0.29) is 36.1 Å². The number of amides is 2. The number of anilines is 1. The Hall–Kier alpha value is -3.41. The van der Waals surface area contributed by atoms with E-state index in [0.29, 0.717) is 0 Å². The Balaban J connectivity index is 1.82. The summed E-state index contributed by atoms with van der Waals surface area (Å²) in [5.41, 5.74) is 3.37. The standard InChI is InChI=1S/C26H28FN3O2/c1-17(2)26(32)29(18(3)4)16-24(31)30-22-9-6-5-8-21(22)28-15-7-10-23(28)25(30)19-11-13-20(27)14-12-19/h5-15,17-18,25H,16H2,1-4H3. The molecule has 2 amide bonds. The van der Waals surface area contributed by atoms with Gasteiger partial charge in [0.05, 0.1) is 17.1 Å². The number of hydrogen-bond acceptors (Lipinski definition) is 2. The minimum Gasteiger partial charge on any atom is -0.331 e. The molecule has 0 spiro atoms. The van der Waals surface area contributed by atoms with Crippen molar-refractivity contribution in [3.05, 3.63) is 83.9 Å². The van der Waals surface area contributed by atoms with Crippen molar-refractivity contribution in [2.45, 2.75) is 39.8 Å². The number of halogens is 1. The Morgan fingerprint density at radius 1 is 0.938 bits per heavy atom. The van der Waals surface area contributed by atoms with Gasteiger partial charge in [-0.3, -0.25) is 14.5 Å². The van der Waals surface area contributed by atoms with Crippen molar-refractivity contribution in [1.82, 2.24) is 9.47 Å². The molecule has 1 aromatic heterocycles. The summed E-state index contributed by atoms with van der Waals surface area (Å²) >= 11 is 0. The summed E-state index contributed by atoms with van der Waals surface area (Å²) in [6, 6.07) is 17.3. The van der Waals surface area contributed by atoms with Crippen LogP contribution >= 0.6 is 0 Å². The van der Waals surface area contributed by atoms with E-state index in [1.807, 2.05) is 70.3 Å². The molecule has 0 saturated carbocycles. The summed E-state index contributed by atoms with van der Waals surface area (Å²) < 4.78 is 15.7. The first-order valence-electron chi connectivity index (χ1n) is 10.9. The summed E-state index contributed by atoms with van der Waals surface area (Å²) in [5.74, 6) is -0.766. The molecule has 4 rings (SSSR count). The lowest BCUT2D eigenvalue weighted by Gasteiger charge is -2.40. The van der Waals surface area contributed by atoms with Crippen LogP contribution in [0.2, 0.25) is 0 Å². The molecule has 0 radical (unpaired) electrons. The van der Waals surface area contributed by atoms with Crippen LogP contribution in [-0.2, 0) is 9.59 Å². The number of nitrogens with zero attached hydrogens (tertiary/aromatic N) is 3. The zero-order valence-corrected chi connectivity index (χ0v) is 18.8. The molecule has 0 aliphatic carbocycles. The molecule has 6 heteroatoms. The molecule has 1 atom stereocenters. The summed E-state index contributed by atoms with van der Waals surface area (Å²) in [6.45, 7) is 7.49. The molecule has 166 valence electrons. The molecular weight excluding hydrogens is 405 g/mol. The Bertz CT molecular complexity index is 1130. The van der Waals surface area contributed by atoms with E-state index in [1.54, 1.807) is 21.9 Å². The van der Waals surface area contributed by atoms with Gasteiger partial charge < -0.3 is 9.47 Å². The van der Waals surface area contributed by atoms with Crippen molar-refractivity contribution in [2.24, 2.45) is 5.92 Å². The van der Waals surface area contributed by atoms with Gasteiger partial charge in [-0.15, -0.1) is 0 Å². The summed E-state index contributed by atoms with van der Waals surface area (Å²) in [7, 11) is 0. The van der Waals surface area contributed by atoms with E-state index in [4.69, 9.17) is 0 Å². The highest BCUT2D eigenvalue weighted by Gasteiger charge is 2.37. The first kappa shape index (κ1) is 21.8. The van der Waals surface area contributed by atoms with Crippen LogP contribution in [-0.4, -0.2) is 33.9 Å². The minimum absolute atomic E-state index is 0.0264. The average Bonchev–Trinajstić information content (AvgIpc) is 3.26. The second-order valence-corrected chi connectivity index (χ2v) is 8.72. The SMILES string of the molecule is CC(C)C(=O)N(CC(=O)N1c2ccccc2-n2cccc2C1c1ccc(F)cc1)C(C)C. The number of fused-ring (bicyclic) bond motifs is 3. The third-order valence-corrected chi connectivity index (χ3v) is 5.88. The molecule has 0 bridgehead atoms. The lowest BCUT2D eigenvalue weighted by Crippen LogP contribution is -2.49. The summed E-state index contributed by atoms with van der Waals surface area (Å²) in [6.07, 6.45) is 1.97. The molecular formula is C26H28FN3O2. The zero-order valence-electron chi connectivity index (χ0n) is 18.8. The predicted molar refractivity (Wildman–Crippen MR) is 123 cm³/mol. The monoisotopic (exact) mass is 433 g/mol. The quantitative estimate of drug-likeness (QED) is 0.572. The maximum Gasteiger partial charge on any atom is 0.247 e. The van der Waals surface area contributed by atoms with E-state index < -0.39 is 6.04 Å². The van der Waals surface area contributed by atoms with Crippen molar-refractivity contribution < 1.29 is 14.0 Å². The topological polar surface area (TPSA) is 45.6 Å². The fraction of sp³-hybridized carbons (Fsp3) is 0.308. The normalized spacial score (nSPS) is 15.0. The highest BCUT2D eigenvalue weighted by Crippen LogP contribution is 2.42. The fourth-order valence-corrected chi connectivity index (χ4v) is 4.29. The molecule has 0 saturated heterocycles. The Morgan fingerprint density at radius 3 is 2.22 bits per heavy atom. The molecule has 1 aliphatic heterocycles. The van der Waals surface area contributed by atoms with Crippen LogP contribution in [0, 0.1) is 11.7 Å². The van der Waals surface area contributed by atoms with Crippen molar-refractivity contribution >= 4 is 17.5 Å². The molecule has 2 heterocycles. The van der Waals surface area contributed by atoms with Crippen molar-refractivity contribution in [3.63, 3.8) is 0 Å². The molecule has 0 N–H and O–H groups in total. The van der Waals surface area contributed by atoms with Crippen LogP contribution in [0.5, 0.6) is 0 Å². The highest BCUT2D eigenvalue weighted by atomic mass is 19.1. The third-order valence-electron chi connectivity index (χ3n) is 5.88. The Kier molecular flexibility index (Phi) is 5.87. The van der Waals surface area contributed by atoms with Gasteiger partial charge in [0.2, 0.25) is 11.8 Å². The number of rotatable bonds is 5.